The molecule has 12 heavy (non-hydrogen) atoms. The van der Waals surface area contributed by atoms with Gasteiger partial charge in [-0.15, -0.1) is 12.6 Å². The van der Waals surface area contributed by atoms with E-state index in [1.807, 2.05) is 18.2 Å². The van der Waals surface area contributed by atoms with E-state index in [1.54, 1.807) is 6.92 Å². The third-order valence-electron chi connectivity index (χ3n) is 1.46. The third kappa shape index (κ3) is 2.79. The average Bonchev–Trinajstić information content (AvgIpc) is 1.96. The highest BCUT2D eigenvalue weighted by molar-refractivity contribution is 14.1. The first-order valence-corrected chi connectivity index (χ1v) is 5.09. The Bertz CT molecular complexity index is 309. The molecule has 0 atom stereocenters. The van der Waals surface area contributed by atoms with Crippen molar-refractivity contribution in [3.05, 3.63) is 27.3 Å². The van der Waals surface area contributed by atoms with Crippen LogP contribution < -0.4 is 0 Å². The maximum absolute atomic E-state index is 10.8. The molecule has 1 aromatic carbocycles. The van der Waals surface area contributed by atoms with Gasteiger partial charge in [0.1, 0.15) is 5.78 Å². The summed E-state index contributed by atoms with van der Waals surface area (Å²) in [5, 5.41) is 0. The van der Waals surface area contributed by atoms with Crippen molar-refractivity contribution in [3.63, 3.8) is 0 Å². The van der Waals surface area contributed by atoms with Crippen LogP contribution in [-0.4, -0.2) is 5.78 Å². The highest BCUT2D eigenvalue weighted by atomic mass is 127. The Kier molecular flexibility index (Phi) is 3.58. The van der Waals surface area contributed by atoms with Crippen molar-refractivity contribution >= 4 is 41.0 Å². The van der Waals surface area contributed by atoms with Gasteiger partial charge in [0, 0.05) is 14.9 Å². The molecule has 0 aromatic heterocycles. The van der Waals surface area contributed by atoms with E-state index in [0.29, 0.717) is 6.42 Å². The molecule has 3 heteroatoms. The van der Waals surface area contributed by atoms with Crippen LogP contribution in [0.15, 0.2) is 23.1 Å². The maximum Gasteiger partial charge on any atom is 0.134 e. The Morgan fingerprint density at radius 1 is 1.58 bits per heavy atom. The van der Waals surface area contributed by atoms with Gasteiger partial charge in [-0.3, -0.25) is 4.79 Å². The van der Waals surface area contributed by atoms with Gasteiger partial charge in [0.05, 0.1) is 0 Å². The van der Waals surface area contributed by atoms with E-state index in [0.717, 1.165) is 14.0 Å². The second kappa shape index (κ2) is 4.28. The Balaban J connectivity index is 2.89. The summed E-state index contributed by atoms with van der Waals surface area (Å²) < 4.78 is 1.11. The molecule has 1 nitrogen and oxygen atoms in total. The number of ketones is 1. The van der Waals surface area contributed by atoms with Crippen molar-refractivity contribution in [2.24, 2.45) is 0 Å². The lowest BCUT2D eigenvalue weighted by molar-refractivity contribution is -0.116. The first-order chi connectivity index (χ1) is 5.59. The zero-order valence-electron chi connectivity index (χ0n) is 6.67. The Labute approximate surface area is 91.1 Å². The Morgan fingerprint density at radius 3 is 2.75 bits per heavy atom. The molecule has 0 fully saturated rings. The quantitative estimate of drug-likeness (QED) is 0.655. The van der Waals surface area contributed by atoms with Gasteiger partial charge in [-0.1, -0.05) is 6.07 Å². The van der Waals surface area contributed by atoms with E-state index in [2.05, 4.69) is 35.2 Å². The molecule has 1 aromatic rings. The van der Waals surface area contributed by atoms with E-state index in [1.165, 1.54) is 0 Å². The van der Waals surface area contributed by atoms with Crippen molar-refractivity contribution in [2.75, 3.05) is 0 Å². The van der Waals surface area contributed by atoms with Gasteiger partial charge in [0.25, 0.3) is 0 Å². The van der Waals surface area contributed by atoms with Gasteiger partial charge >= 0.3 is 0 Å². The van der Waals surface area contributed by atoms with E-state index in [4.69, 9.17) is 0 Å². The smallest absolute Gasteiger partial charge is 0.134 e. The van der Waals surface area contributed by atoms with Crippen LogP contribution >= 0.6 is 35.2 Å². The van der Waals surface area contributed by atoms with Crippen molar-refractivity contribution in [2.45, 2.75) is 18.2 Å². The highest BCUT2D eigenvalue weighted by Crippen LogP contribution is 2.18. The topological polar surface area (TPSA) is 17.1 Å². The number of carbonyl (C=O) groups excluding carboxylic acids is 1. The summed E-state index contributed by atoms with van der Waals surface area (Å²) in [6.07, 6.45) is 0.504. The summed E-state index contributed by atoms with van der Waals surface area (Å²) >= 11 is 6.48. The number of Topliss-reactive ketones (excluding diaryl/α,β-unsaturated/α-hetero) is 1. The van der Waals surface area contributed by atoms with Crippen LogP contribution in [0.1, 0.15) is 12.5 Å². The molecule has 0 aliphatic heterocycles. The van der Waals surface area contributed by atoms with E-state index in [-0.39, 0.29) is 5.78 Å². The van der Waals surface area contributed by atoms with Gasteiger partial charge in [-0.25, -0.2) is 0 Å². The Hall–Kier alpha value is -0.0300. The van der Waals surface area contributed by atoms with Crippen LogP contribution in [0, 0.1) is 3.57 Å². The molecule has 1 rings (SSSR count). The fraction of sp³-hybridized carbons (Fsp3) is 0.222. The molecule has 0 saturated carbocycles. The minimum atomic E-state index is 0.184. The Morgan fingerprint density at radius 2 is 2.25 bits per heavy atom. The van der Waals surface area contributed by atoms with Crippen molar-refractivity contribution in [3.8, 4) is 0 Å². The molecule has 0 bridgehead atoms. The molecule has 0 N–H and O–H groups in total. The van der Waals surface area contributed by atoms with Crippen molar-refractivity contribution in [1.82, 2.24) is 0 Å². The van der Waals surface area contributed by atoms with Crippen molar-refractivity contribution in [1.29, 1.82) is 0 Å². The average molecular weight is 292 g/mol. The molecule has 64 valence electrons. The molecule has 0 aliphatic rings. The normalized spacial score (nSPS) is 9.92. The number of rotatable bonds is 2. The standard InChI is InChI=1S/C9H9IOS/c1-6(11)4-7-2-3-8(10)9(12)5-7/h2-3,5,12H,4H2,1H3. The van der Waals surface area contributed by atoms with Crippen LogP contribution in [0.4, 0.5) is 0 Å². The molecule has 0 spiro atoms. The van der Waals surface area contributed by atoms with E-state index < -0.39 is 0 Å². The molecule has 0 amide bonds. The van der Waals surface area contributed by atoms with Crippen molar-refractivity contribution < 1.29 is 4.79 Å². The predicted molar refractivity (Wildman–Crippen MR) is 60.8 cm³/mol. The minimum Gasteiger partial charge on any atom is -0.300 e. The van der Waals surface area contributed by atoms with E-state index >= 15 is 0 Å². The van der Waals surface area contributed by atoms with E-state index in [9.17, 15) is 4.79 Å². The van der Waals surface area contributed by atoms with Gasteiger partial charge < -0.3 is 0 Å². The summed E-state index contributed by atoms with van der Waals surface area (Å²) in [4.78, 5) is 11.7. The summed E-state index contributed by atoms with van der Waals surface area (Å²) in [6.45, 7) is 1.59. The maximum atomic E-state index is 10.8. The van der Waals surface area contributed by atoms with Crippen LogP contribution in [-0.2, 0) is 11.2 Å². The summed E-state index contributed by atoms with van der Waals surface area (Å²) in [5.74, 6) is 0.184. The van der Waals surface area contributed by atoms with Gasteiger partial charge in [0.2, 0.25) is 0 Å². The summed E-state index contributed by atoms with van der Waals surface area (Å²) in [5.41, 5.74) is 1.04. The molecular formula is C9H9IOS. The monoisotopic (exact) mass is 292 g/mol. The third-order valence-corrected chi connectivity index (χ3v) is 3.20. The predicted octanol–water partition coefficient (Wildman–Crippen LogP) is 2.71. The number of hydrogen-bond donors (Lipinski definition) is 1. The highest BCUT2D eigenvalue weighted by Gasteiger charge is 2.00. The number of benzene rings is 1. The molecule has 0 unspecified atom stereocenters. The second-order valence-electron chi connectivity index (χ2n) is 2.66. The summed E-state index contributed by atoms with van der Waals surface area (Å²) in [6, 6.07) is 5.87. The number of halogens is 1. The van der Waals surface area contributed by atoms with Crippen LogP contribution in [0.2, 0.25) is 0 Å². The molecular weight excluding hydrogens is 283 g/mol. The van der Waals surface area contributed by atoms with Crippen LogP contribution in [0.5, 0.6) is 0 Å². The van der Waals surface area contributed by atoms with Crippen LogP contribution in [0.25, 0.3) is 0 Å². The molecule has 0 heterocycles. The fourth-order valence-corrected chi connectivity index (χ4v) is 1.53. The molecule has 0 aliphatic carbocycles. The largest absolute Gasteiger partial charge is 0.300 e. The lowest BCUT2D eigenvalue weighted by atomic mass is 10.1. The van der Waals surface area contributed by atoms with Gasteiger partial charge in [-0.05, 0) is 47.2 Å². The second-order valence-corrected chi connectivity index (χ2v) is 4.31. The minimum absolute atomic E-state index is 0.184. The number of hydrogen-bond acceptors (Lipinski definition) is 2. The first-order valence-electron chi connectivity index (χ1n) is 3.56. The number of thiol groups is 1. The lowest BCUT2D eigenvalue weighted by Gasteiger charge is -2.00. The van der Waals surface area contributed by atoms with Crippen LogP contribution in [0.3, 0.4) is 0 Å². The zero-order valence-corrected chi connectivity index (χ0v) is 9.72. The van der Waals surface area contributed by atoms with Gasteiger partial charge in [-0.2, -0.15) is 0 Å². The first kappa shape index (κ1) is 10.1. The van der Waals surface area contributed by atoms with Gasteiger partial charge in [0.15, 0.2) is 0 Å². The molecule has 0 radical (unpaired) electrons. The lowest BCUT2D eigenvalue weighted by Crippen LogP contribution is -1.96. The number of carbonyl (C=O) groups is 1. The molecule has 0 saturated heterocycles. The SMILES string of the molecule is CC(=O)Cc1ccc(I)c(S)c1. The fourth-order valence-electron chi connectivity index (χ4n) is 0.956. The zero-order chi connectivity index (χ0) is 9.14. The summed E-state index contributed by atoms with van der Waals surface area (Å²) in [7, 11) is 0.